The van der Waals surface area contributed by atoms with Gasteiger partial charge < -0.3 is 15.7 Å². The fraction of sp³-hybridized carbons (Fsp3) is 0. The Morgan fingerprint density at radius 3 is 2.43 bits per heavy atom. The number of nitro groups is 1. The molecule has 0 saturated carbocycles. The zero-order valence-corrected chi connectivity index (χ0v) is 11.3. The first-order chi connectivity index (χ1) is 9.95. The van der Waals surface area contributed by atoms with E-state index in [2.05, 4.69) is 10.6 Å². The summed E-state index contributed by atoms with van der Waals surface area (Å²) in [5, 5.41) is 25.0. The van der Waals surface area contributed by atoms with Crippen molar-refractivity contribution in [1.82, 2.24) is 0 Å². The van der Waals surface area contributed by atoms with Gasteiger partial charge in [-0.15, -0.1) is 0 Å². The lowest BCUT2D eigenvalue weighted by Crippen LogP contribution is -2.19. The third kappa shape index (κ3) is 3.83. The Morgan fingerprint density at radius 1 is 1.14 bits per heavy atom. The molecule has 21 heavy (non-hydrogen) atoms. The average Bonchev–Trinajstić information content (AvgIpc) is 2.43. The normalized spacial score (nSPS) is 9.95. The summed E-state index contributed by atoms with van der Waals surface area (Å²) in [5.74, 6) is -0.0960. The topological polar surface area (TPSA) is 104 Å². The van der Waals surface area contributed by atoms with Crippen LogP contribution >= 0.6 is 11.6 Å². The summed E-state index contributed by atoms with van der Waals surface area (Å²) in [6.07, 6.45) is 0. The van der Waals surface area contributed by atoms with Crippen molar-refractivity contribution in [3.05, 3.63) is 57.6 Å². The second-order valence-corrected chi connectivity index (χ2v) is 4.46. The fourth-order valence-corrected chi connectivity index (χ4v) is 1.76. The van der Waals surface area contributed by atoms with Crippen LogP contribution in [0.15, 0.2) is 42.5 Å². The van der Waals surface area contributed by atoms with Gasteiger partial charge in [0.2, 0.25) is 0 Å². The summed E-state index contributed by atoms with van der Waals surface area (Å²) >= 11 is 5.72. The highest BCUT2D eigenvalue weighted by Gasteiger charge is 2.09. The number of phenolic OH excluding ortho intramolecular Hbond substituents is 1. The molecule has 108 valence electrons. The van der Waals surface area contributed by atoms with E-state index in [-0.39, 0.29) is 22.1 Å². The maximum Gasteiger partial charge on any atom is 0.323 e. The molecule has 0 bridgehead atoms. The number of carbonyl (C=O) groups excluding carboxylic acids is 1. The summed E-state index contributed by atoms with van der Waals surface area (Å²) in [4.78, 5) is 21.8. The Hall–Kier alpha value is -2.80. The highest BCUT2D eigenvalue weighted by molar-refractivity contribution is 6.32. The largest absolute Gasteiger partial charge is 0.506 e. The van der Waals surface area contributed by atoms with Gasteiger partial charge in [0.1, 0.15) is 5.75 Å². The molecule has 0 aliphatic heterocycles. The first kappa shape index (κ1) is 14.6. The van der Waals surface area contributed by atoms with E-state index in [1.54, 1.807) is 0 Å². The van der Waals surface area contributed by atoms with Crippen molar-refractivity contribution in [3.8, 4) is 5.75 Å². The Labute approximate surface area is 124 Å². The lowest BCUT2D eigenvalue weighted by molar-refractivity contribution is -0.384. The van der Waals surface area contributed by atoms with Gasteiger partial charge in [0, 0.05) is 23.5 Å². The zero-order valence-electron chi connectivity index (χ0n) is 10.5. The molecule has 0 aliphatic carbocycles. The highest BCUT2D eigenvalue weighted by atomic mass is 35.5. The Kier molecular flexibility index (Phi) is 4.24. The molecular formula is C13H10ClN3O4. The smallest absolute Gasteiger partial charge is 0.323 e. The maximum absolute atomic E-state index is 11.8. The number of hydrogen-bond donors (Lipinski definition) is 3. The first-order valence-electron chi connectivity index (χ1n) is 5.76. The molecule has 2 aromatic rings. The number of halogens is 1. The third-order valence-electron chi connectivity index (χ3n) is 2.52. The van der Waals surface area contributed by atoms with Crippen molar-refractivity contribution < 1.29 is 14.8 Å². The molecule has 0 aliphatic rings. The molecule has 0 unspecified atom stereocenters. The number of rotatable bonds is 3. The van der Waals surface area contributed by atoms with E-state index in [0.717, 1.165) is 0 Å². The van der Waals surface area contributed by atoms with Crippen molar-refractivity contribution in [1.29, 1.82) is 0 Å². The molecule has 0 aromatic heterocycles. The SMILES string of the molecule is O=C(Nc1cccc([N+](=O)[O-])c1)Nc1ccc(O)c(Cl)c1. The van der Waals surface area contributed by atoms with Crippen molar-refractivity contribution in [2.75, 3.05) is 10.6 Å². The number of benzene rings is 2. The molecule has 0 heterocycles. The number of carbonyl (C=O) groups is 1. The lowest BCUT2D eigenvalue weighted by Gasteiger charge is -2.08. The van der Waals surface area contributed by atoms with Gasteiger partial charge in [-0.25, -0.2) is 4.79 Å². The van der Waals surface area contributed by atoms with Crippen LogP contribution in [0.4, 0.5) is 21.9 Å². The van der Waals surface area contributed by atoms with Gasteiger partial charge in [0.05, 0.1) is 9.95 Å². The molecule has 0 saturated heterocycles. The standard InChI is InChI=1S/C13H10ClN3O4/c14-11-7-9(4-5-12(11)18)16-13(19)15-8-2-1-3-10(6-8)17(20)21/h1-7,18H,(H2,15,16,19). The number of nitro benzene ring substituents is 1. The minimum absolute atomic E-state index is 0.0960. The highest BCUT2D eigenvalue weighted by Crippen LogP contribution is 2.26. The van der Waals surface area contributed by atoms with Crippen LogP contribution in [0.3, 0.4) is 0 Å². The zero-order chi connectivity index (χ0) is 15.4. The minimum Gasteiger partial charge on any atom is -0.506 e. The Balaban J connectivity index is 2.06. The van der Waals surface area contributed by atoms with Gasteiger partial charge in [0.25, 0.3) is 5.69 Å². The van der Waals surface area contributed by atoms with Crippen LogP contribution in [0, 0.1) is 10.1 Å². The van der Waals surface area contributed by atoms with Crippen LogP contribution < -0.4 is 10.6 Å². The molecular weight excluding hydrogens is 298 g/mol. The van der Waals surface area contributed by atoms with E-state index in [1.165, 1.54) is 42.5 Å². The molecule has 0 spiro atoms. The number of non-ortho nitro benzene ring substituents is 1. The average molecular weight is 308 g/mol. The van der Waals surface area contributed by atoms with Gasteiger partial charge in [-0.05, 0) is 24.3 Å². The van der Waals surface area contributed by atoms with Crippen molar-refractivity contribution in [2.45, 2.75) is 0 Å². The van der Waals surface area contributed by atoms with Gasteiger partial charge in [-0.1, -0.05) is 17.7 Å². The molecule has 3 N–H and O–H groups in total. The van der Waals surface area contributed by atoms with Crippen molar-refractivity contribution in [3.63, 3.8) is 0 Å². The van der Waals surface area contributed by atoms with Crippen LogP contribution in [0.2, 0.25) is 5.02 Å². The van der Waals surface area contributed by atoms with Crippen LogP contribution in [-0.4, -0.2) is 16.1 Å². The summed E-state index contributed by atoms with van der Waals surface area (Å²) < 4.78 is 0. The predicted octanol–water partition coefficient (Wildman–Crippen LogP) is 3.60. The number of anilines is 2. The van der Waals surface area contributed by atoms with Crippen LogP contribution in [0.25, 0.3) is 0 Å². The van der Waals surface area contributed by atoms with Crippen LogP contribution in [0.5, 0.6) is 5.75 Å². The molecule has 0 radical (unpaired) electrons. The van der Waals surface area contributed by atoms with Crippen molar-refractivity contribution >= 4 is 34.7 Å². The molecule has 2 rings (SSSR count). The van der Waals surface area contributed by atoms with E-state index >= 15 is 0 Å². The number of urea groups is 1. The van der Waals surface area contributed by atoms with Crippen molar-refractivity contribution in [2.24, 2.45) is 0 Å². The molecule has 2 amide bonds. The van der Waals surface area contributed by atoms with Gasteiger partial charge in [-0.3, -0.25) is 10.1 Å². The second-order valence-electron chi connectivity index (χ2n) is 4.05. The Morgan fingerprint density at radius 2 is 1.81 bits per heavy atom. The summed E-state index contributed by atoms with van der Waals surface area (Å²) in [6.45, 7) is 0. The number of nitrogens with zero attached hydrogens (tertiary/aromatic N) is 1. The van der Waals surface area contributed by atoms with Gasteiger partial charge in [0.15, 0.2) is 0 Å². The minimum atomic E-state index is -0.586. The number of amides is 2. The van der Waals surface area contributed by atoms with Gasteiger partial charge >= 0.3 is 6.03 Å². The van der Waals surface area contributed by atoms with E-state index in [4.69, 9.17) is 11.6 Å². The Bertz CT molecular complexity index is 706. The number of aromatic hydroxyl groups is 1. The van der Waals surface area contributed by atoms with Gasteiger partial charge in [-0.2, -0.15) is 0 Å². The number of phenols is 1. The quantitative estimate of drug-likeness (QED) is 0.457. The molecule has 0 fully saturated rings. The number of hydrogen-bond acceptors (Lipinski definition) is 4. The molecule has 2 aromatic carbocycles. The fourth-order valence-electron chi connectivity index (χ4n) is 1.58. The van der Waals surface area contributed by atoms with Crippen LogP contribution in [-0.2, 0) is 0 Å². The summed E-state index contributed by atoms with van der Waals surface area (Å²) in [7, 11) is 0. The lowest BCUT2D eigenvalue weighted by atomic mass is 10.3. The van der Waals surface area contributed by atoms with E-state index in [0.29, 0.717) is 5.69 Å². The van der Waals surface area contributed by atoms with E-state index in [9.17, 15) is 20.0 Å². The number of nitrogens with one attached hydrogen (secondary N) is 2. The maximum atomic E-state index is 11.8. The monoisotopic (exact) mass is 307 g/mol. The predicted molar refractivity (Wildman–Crippen MR) is 78.9 cm³/mol. The molecule has 7 nitrogen and oxygen atoms in total. The summed E-state index contributed by atoms with van der Waals surface area (Å²) in [6, 6.07) is 9.15. The second kappa shape index (κ2) is 6.10. The van der Waals surface area contributed by atoms with Crippen LogP contribution in [0.1, 0.15) is 0 Å². The van der Waals surface area contributed by atoms with E-state index < -0.39 is 11.0 Å². The van der Waals surface area contributed by atoms with E-state index in [1.807, 2.05) is 0 Å². The molecule has 8 heteroatoms. The third-order valence-corrected chi connectivity index (χ3v) is 2.82. The molecule has 0 atom stereocenters. The first-order valence-corrected chi connectivity index (χ1v) is 6.14. The summed E-state index contributed by atoms with van der Waals surface area (Å²) in [5.41, 5.74) is 0.535.